The highest BCUT2D eigenvalue weighted by molar-refractivity contribution is 5.34. The van der Waals surface area contributed by atoms with Gasteiger partial charge in [0.05, 0.1) is 12.3 Å². The van der Waals surface area contributed by atoms with Crippen molar-refractivity contribution in [3.05, 3.63) is 59.3 Å². The number of aryl methyl sites for hydroxylation is 1. The molecule has 1 aromatic heterocycles. The van der Waals surface area contributed by atoms with Crippen LogP contribution in [0.3, 0.4) is 0 Å². The predicted octanol–water partition coefficient (Wildman–Crippen LogP) is 3.29. The van der Waals surface area contributed by atoms with Gasteiger partial charge in [0.15, 0.2) is 0 Å². The lowest BCUT2D eigenvalue weighted by molar-refractivity contribution is 0.501. The largest absolute Gasteiger partial charge is 0.469 e. The first kappa shape index (κ1) is 11.9. The first-order valence-electron chi connectivity index (χ1n) is 5.75. The molecule has 0 bridgehead atoms. The highest BCUT2D eigenvalue weighted by Gasteiger charge is 2.19. The summed E-state index contributed by atoms with van der Waals surface area (Å²) in [5.74, 6) is 0.697. The minimum absolute atomic E-state index is 0.162. The van der Waals surface area contributed by atoms with Gasteiger partial charge >= 0.3 is 0 Å². The monoisotopic (exact) mass is 233 g/mol. The van der Waals surface area contributed by atoms with E-state index >= 15 is 0 Å². The number of benzene rings is 1. The summed E-state index contributed by atoms with van der Waals surface area (Å²) in [6.07, 6.45) is 2.45. The average molecular weight is 233 g/mol. The maximum atomic E-state index is 13.8. The second-order valence-electron chi connectivity index (χ2n) is 3.90. The van der Waals surface area contributed by atoms with Gasteiger partial charge in [0.2, 0.25) is 0 Å². The maximum Gasteiger partial charge on any atom is 0.128 e. The highest BCUT2D eigenvalue weighted by atomic mass is 19.1. The smallest absolute Gasteiger partial charge is 0.128 e. The van der Waals surface area contributed by atoms with Gasteiger partial charge in [-0.1, -0.05) is 25.1 Å². The second kappa shape index (κ2) is 5.15. The van der Waals surface area contributed by atoms with Crippen molar-refractivity contribution in [2.45, 2.75) is 19.4 Å². The van der Waals surface area contributed by atoms with Crippen molar-refractivity contribution in [1.29, 1.82) is 0 Å². The molecule has 1 unspecified atom stereocenters. The Labute approximate surface area is 100 Å². The van der Waals surface area contributed by atoms with E-state index in [1.165, 1.54) is 6.07 Å². The van der Waals surface area contributed by atoms with Gasteiger partial charge in [0, 0.05) is 17.5 Å². The summed E-state index contributed by atoms with van der Waals surface area (Å²) in [6.45, 7) is 2.02. The first-order chi connectivity index (χ1) is 8.27. The minimum Gasteiger partial charge on any atom is -0.469 e. The van der Waals surface area contributed by atoms with Crippen molar-refractivity contribution in [1.82, 2.24) is 5.32 Å². The molecule has 90 valence electrons. The third-order valence-electron chi connectivity index (χ3n) is 2.92. The van der Waals surface area contributed by atoms with Crippen LogP contribution < -0.4 is 5.32 Å². The van der Waals surface area contributed by atoms with Gasteiger partial charge in [-0.25, -0.2) is 4.39 Å². The molecule has 1 heterocycles. The van der Waals surface area contributed by atoms with Crippen molar-refractivity contribution in [2.24, 2.45) is 0 Å². The van der Waals surface area contributed by atoms with Crippen molar-refractivity contribution < 1.29 is 8.81 Å². The van der Waals surface area contributed by atoms with Gasteiger partial charge in [-0.05, 0) is 19.2 Å². The van der Waals surface area contributed by atoms with Crippen LogP contribution in [0.5, 0.6) is 0 Å². The molecule has 0 spiro atoms. The molecule has 2 rings (SSSR count). The molecule has 0 aliphatic carbocycles. The third-order valence-corrected chi connectivity index (χ3v) is 2.92. The summed E-state index contributed by atoms with van der Waals surface area (Å²) in [5.41, 5.74) is 1.64. The number of furan rings is 1. The fourth-order valence-corrected chi connectivity index (χ4v) is 2.08. The van der Waals surface area contributed by atoms with Gasteiger partial charge in [-0.3, -0.25) is 0 Å². The van der Waals surface area contributed by atoms with Gasteiger partial charge in [-0.15, -0.1) is 0 Å². The Bertz CT molecular complexity index is 492. The van der Waals surface area contributed by atoms with E-state index in [0.717, 1.165) is 17.7 Å². The molecule has 17 heavy (non-hydrogen) atoms. The molecule has 0 saturated carbocycles. The van der Waals surface area contributed by atoms with Crippen LogP contribution >= 0.6 is 0 Å². The summed E-state index contributed by atoms with van der Waals surface area (Å²) >= 11 is 0. The lowest BCUT2D eigenvalue weighted by Crippen LogP contribution is -2.19. The predicted molar refractivity (Wildman–Crippen MR) is 65.4 cm³/mol. The van der Waals surface area contributed by atoms with Crippen LogP contribution in [0.4, 0.5) is 4.39 Å². The summed E-state index contributed by atoms with van der Waals surface area (Å²) in [4.78, 5) is 0. The molecule has 0 radical (unpaired) electrons. The third kappa shape index (κ3) is 2.24. The van der Waals surface area contributed by atoms with E-state index < -0.39 is 0 Å². The Hall–Kier alpha value is -1.61. The summed E-state index contributed by atoms with van der Waals surface area (Å²) in [7, 11) is 1.82. The number of rotatable bonds is 4. The van der Waals surface area contributed by atoms with E-state index in [0.29, 0.717) is 5.56 Å². The van der Waals surface area contributed by atoms with E-state index in [4.69, 9.17) is 4.42 Å². The molecular weight excluding hydrogens is 217 g/mol. The lowest BCUT2D eigenvalue weighted by Gasteiger charge is -2.17. The Morgan fingerprint density at radius 3 is 2.65 bits per heavy atom. The van der Waals surface area contributed by atoms with Gasteiger partial charge in [0.1, 0.15) is 11.6 Å². The summed E-state index contributed by atoms with van der Waals surface area (Å²) in [6, 6.07) is 8.54. The van der Waals surface area contributed by atoms with E-state index in [2.05, 4.69) is 5.32 Å². The molecule has 1 N–H and O–H groups in total. The molecule has 0 fully saturated rings. The average Bonchev–Trinajstić information content (AvgIpc) is 2.81. The molecule has 3 heteroatoms. The van der Waals surface area contributed by atoms with Crippen LogP contribution in [0, 0.1) is 5.82 Å². The minimum atomic E-state index is -0.199. The zero-order valence-electron chi connectivity index (χ0n) is 10.0. The van der Waals surface area contributed by atoms with Crippen molar-refractivity contribution >= 4 is 0 Å². The molecule has 2 aromatic rings. The van der Waals surface area contributed by atoms with E-state index in [1.54, 1.807) is 18.4 Å². The summed E-state index contributed by atoms with van der Waals surface area (Å²) in [5, 5.41) is 3.14. The fourth-order valence-electron chi connectivity index (χ4n) is 2.08. The van der Waals surface area contributed by atoms with Crippen molar-refractivity contribution in [3.8, 4) is 0 Å². The van der Waals surface area contributed by atoms with Crippen LogP contribution in [0.2, 0.25) is 0 Å². The van der Waals surface area contributed by atoms with Gasteiger partial charge < -0.3 is 9.73 Å². The van der Waals surface area contributed by atoms with Crippen molar-refractivity contribution in [3.63, 3.8) is 0 Å². The van der Waals surface area contributed by atoms with E-state index in [9.17, 15) is 4.39 Å². The maximum absolute atomic E-state index is 13.8. The normalized spacial score (nSPS) is 12.6. The van der Waals surface area contributed by atoms with Crippen molar-refractivity contribution in [2.75, 3.05) is 7.05 Å². The topological polar surface area (TPSA) is 25.2 Å². The van der Waals surface area contributed by atoms with E-state index in [-0.39, 0.29) is 11.9 Å². The molecule has 0 aliphatic heterocycles. The molecule has 0 amide bonds. The molecule has 1 atom stereocenters. The van der Waals surface area contributed by atoms with Crippen LogP contribution in [0.15, 0.2) is 41.0 Å². The zero-order valence-corrected chi connectivity index (χ0v) is 10.0. The molecule has 1 aromatic carbocycles. The standard InChI is InChI=1S/C14H16FNO/c1-3-13-11(8-9-17-13)14(16-2)10-6-4-5-7-12(10)15/h4-9,14,16H,3H2,1-2H3. The number of nitrogens with one attached hydrogen (secondary N) is 1. The van der Waals surface area contributed by atoms with Gasteiger partial charge in [0.25, 0.3) is 0 Å². The Balaban J connectivity index is 2.44. The van der Waals surface area contributed by atoms with Gasteiger partial charge in [-0.2, -0.15) is 0 Å². The zero-order chi connectivity index (χ0) is 12.3. The first-order valence-corrected chi connectivity index (χ1v) is 5.75. The van der Waals surface area contributed by atoms with Crippen LogP contribution in [0.25, 0.3) is 0 Å². The number of halogens is 1. The number of hydrogen-bond donors (Lipinski definition) is 1. The second-order valence-corrected chi connectivity index (χ2v) is 3.90. The quantitative estimate of drug-likeness (QED) is 0.876. The number of hydrogen-bond acceptors (Lipinski definition) is 2. The van der Waals surface area contributed by atoms with Crippen LogP contribution in [-0.4, -0.2) is 7.05 Å². The molecule has 2 nitrogen and oxygen atoms in total. The molecular formula is C14H16FNO. The lowest BCUT2D eigenvalue weighted by atomic mass is 9.98. The Morgan fingerprint density at radius 1 is 1.24 bits per heavy atom. The van der Waals surface area contributed by atoms with Crippen LogP contribution in [0.1, 0.15) is 29.9 Å². The molecule has 0 aliphatic rings. The SMILES string of the molecule is CCc1occc1C(NC)c1ccccc1F. The summed E-state index contributed by atoms with van der Waals surface area (Å²) < 4.78 is 19.2. The Morgan fingerprint density at radius 2 is 2.00 bits per heavy atom. The van der Waals surface area contributed by atoms with Crippen LogP contribution in [-0.2, 0) is 6.42 Å². The highest BCUT2D eigenvalue weighted by Crippen LogP contribution is 2.27. The molecule has 0 saturated heterocycles. The fraction of sp³-hybridized carbons (Fsp3) is 0.286. The van der Waals surface area contributed by atoms with E-state index in [1.807, 2.05) is 26.1 Å². The Kier molecular flexibility index (Phi) is 3.59.